The number of aryl methyl sites for hydroxylation is 1. The Bertz CT molecular complexity index is 815. The van der Waals surface area contributed by atoms with Crippen molar-refractivity contribution in [3.05, 3.63) is 59.7 Å². The van der Waals surface area contributed by atoms with Gasteiger partial charge in [0.1, 0.15) is 5.75 Å². The maximum absolute atomic E-state index is 12.4. The van der Waals surface area contributed by atoms with Crippen LogP contribution in [0.5, 0.6) is 5.75 Å². The van der Waals surface area contributed by atoms with Crippen LogP contribution in [0.4, 0.5) is 5.69 Å². The number of ether oxygens (including phenoxy) is 1. The van der Waals surface area contributed by atoms with E-state index in [9.17, 15) is 9.59 Å². The molecule has 2 aromatic rings. The summed E-state index contributed by atoms with van der Waals surface area (Å²) in [6, 6.07) is 15.4. The second kappa shape index (κ2) is 9.40. The van der Waals surface area contributed by atoms with Crippen LogP contribution in [0.25, 0.3) is 0 Å². The molecule has 5 nitrogen and oxygen atoms in total. The Morgan fingerprint density at radius 2 is 1.96 bits per heavy atom. The number of benzene rings is 2. The quantitative estimate of drug-likeness (QED) is 0.705. The summed E-state index contributed by atoms with van der Waals surface area (Å²) in [4.78, 5) is 26.1. The lowest BCUT2D eigenvalue weighted by molar-refractivity contribution is -0.117. The fraction of sp³-hybridized carbons (Fsp3) is 0.391. The molecular formula is C23H28N2O3. The van der Waals surface area contributed by atoms with Gasteiger partial charge in [-0.2, -0.15) is 0 Å². The van der Waals surface area contributed by atoms with Crippen LogP contribution in [-0.2, 0) is 11.2 Å². The first-order valence-corrected chi connectivity index (χ1v) is 9.97. The third-order valence-electron chi connectivity index (χ3n) is 4.72. The molecule has 5 heteroatoms. The summed E-state index contributed by atoms with van der Waals surface area (Å²) in [7, 11) is 0. The standard InChI is InChI=1S/C23H28N2O3/c1-17(2)28-21-12-10-18(11-13-21)6-4-14-24-23(27)19-7-3-8-20(16-19)25-15-5-9-22(25)26/h3,7-8,10-13,16-17H,4-6,9,14-15H2,1-2H3,(H,24,27). The number of hydrogen-bond acceptors (Lipinski definition) is 3. The van der Waals surface area contributed by atoms with Crippen LogP contribution in [0.15, 0.2) is 48.5 Å². The number of nitrogens with zero attached hydrogens (tertiary/aromatic N) is 1. The van der Waals surface area contributed by atoms with Crippen molar-refractivity contribution < 1.29 is 14.3 Å². The van der Waals surface area contributed by atoms with Crippen molar-refractivity contribution in [3.63, 3.8) is 0 Å². The molecule has 0 aromatic heterocycles. The first kappa shape index (κ1) is 19.9. The predicted molar refractivity (Wildman–Crippen MR) is 111 cm³/mol. The van der Waals surface area contributed by atoms with E-state index in [1.54, 1.807) is 17.0 Å². The van der Waals surface area contributed by atoms with Crippen molar-refractivity contribution in [3.8, 4) is 5.75 Å². The molecule has 28 heavy (non-hydrogen) atoms. The number of rotatable bonds is 8. The maximum atomic E-state index is 12.4. The molecule has 1 saturated heterocycles. The third kappa shape index (κ3) is 5.35. The maximum Gasteiger partial charge on any atom is 0.251 e. The summed E-state index contributed by atoms with van der Waals surface area (Å²) in [6.07, 6.45) is 3.38. The number of carbonyl (C=O) groups excluding carboxylic acids is 2. The van der Waals surface area contributed by atoms with E-state index in [0.717, 1.165) is 37.2 Å². The molecule has 1 heterocycles. The molecule has 1 N–H and O–H groups in total. The van der Waals surface area contributed by atoms with Crippen molar-refractivity contribution in [1.82, 2.24) is 5.32 Å². The molecule has 0 unspecified atom stereocenters. The number of carbonyl (C=O) groups is 2. The zero-order chi connectivity index (χ0) is 19.9. The second-order valence-electron chi connectivity index (χ2n) is 7.37. The van der Waals surface area contributed by atoms with E-state index < -0.39 is 0 Å². The highest BCUT2D eigenvalue weighted by Crippen LogP contribution is 2.22. The Hall–Kier alpha value is -2.82. The van der Waals surface area contributed by atoms with Gasteiger partial charge in [0.15, 0.2) is 0 Å². The molecule has 0 spiro atoms. The van der Waals surface area contributed by atoms with Gasteiger partial charge in [-0.15, -0.1) is 0 Å². The van der Waals surface area contributed by atoms with Crippen molar-refractivity contribution in [2.45, 2.75) is 45.6 Å². The van der Waals surface area contributed by atoms with Crippen molar-refractivity contribution in [2.75, 3.05) is 18.0 Å². The highest BCUT2D eigenvalue weighted by molar-refractivity contribution is 5.99. The van der Waals surface area contributed by atoms with Crippen LogP contribution in [-0.4, -0.2) is 31.0 Å². The Morgan fingerprint density at radius 1 is 1.18 bits per heavy atom. The monoisotopic (exact) mass is 380 g/mol. The van der Waals surface area contributed by atoms with E-state index in [4.69, 9.17) is 4.74 Å². The first-order chi connectivity index (χ1) is 13.5. The smallest absolute Gasteiger partial charge is 0.251 e. The predicted octanol–water partition coefficient (Wildman–Crippen LogP) is 3.96. The first-order valence-electron chi connectivity index (χ1n) is 9.97. The van der Waals surface area contributed by atoms with Gasteiger partial charge in [0.2, 0.25) is 5.91 Å². The molecule has 2 amide bonds. The minimum absolute atomic E-state index is 0.103. The number of nitrogens with one attached hydrogen (secondary N) is 1. The highest BCUT2D eigenvalue weighted by atomic mass is 16.5. The van der Waals surface area contributed by atoms with Crippen molar-refractivity contribution in [1.29, 1.82) is 0 Å². The molecule has 1 fully saturated rings. The lowest BCUT2D eigenvalue weighted by Crippen LogP contribution is -2.26. The normalized spacial score (nSPS) is 13.8. The Morgan fingerprint density at radius 3 is 2.64 bits per heavy atom. The fourth-order valence-electron chi connectivity index (χ4n) is 3.34. The van der Waals surface area contributed by atoms with E-state index in [1.807, 2.05) is 38.1 Å². The third-order valence-corrected chi connectivity index (χ3v) is 4.72. The molecule has 1 aliphatic heterocycles. The zero-order valence-corrected chi connectivity index (χ0v) is 16.6. The van der Waals surface area contributed by atoms with Crippen LogP contribution in [0, 0.1) is 0 Å². The van der Waals surface area contributed by atoms with E-state index in [1.165, 1.54) is 5.56 Å². The lowest BCUT2D eigenvalue weighted by atomic mass is 10.1. The van der Waals surface area contributed by atoms with Gasteiger partial charge in [-0.3, -0.25) is 9.59 Å². The zero-order valence-electron chi connectivity index (χ0n) is 16.6. The Balaban J connectivity index is 1.46. The molecule has 1 aliphatic rings. The van der Waals surface area contributed by atoms with Gasteiger partial charge in [-0.25, -0.2) is 0 Å². The van der Waals surface area contributed by atoms with Crippen LogP contribution in [0.2, 0.25) is 0 Å². The molecule has 0 bridgehead atoms. The van der Waals surface area contributed by atoms with Crippen LogP contribution < -0.4 is 15.0 Å². The van der Waals surface area contributed by atoms with Gasteiger partial charge in [0.25, 0.3) is 5.91 Å². The largest absolute Gasteiger partial charge is 0.491 e. The van der Waals surface area contributed by atoms with Crippen LogP contribution >= 0.6 is 0 Å². The number of hydrogen-bond donors (Lipinski definition) is 1. The topological polar surface area (TPSA) is 58.6 Å². The second-order valence-corrected chi connectivity index (χ2v) is 7.37. The summed E-state index contributed by atoms with van der Waals surface area (Å²) >= 11 is 0. The number of amides is 2. The molecule has 0 aliphatic carbocycles. The highest BCUT2D eigenvalue weighted by Gasteiger charge is 2.22. The van der Waals surface area contributed by atoms with Gasteiger partial charge in [-0.1, -0.05) is 18.2 Å². The SMILES string of the molecule is CC(C)Oc1ccc(CCCNC(=O)c2cccc(N3CCCC3=O)c2)cc1. The average Bonchev–Trinajstić information content (AvgIpc) is 3.12. The van der Waals surface area contributed by atoms with Gasteiger partial charge >= 0.3 is 0 Å². The van der Waals surface area contributed by atoms with E-state index >= 15 is 0 Å². The lowest BCUT2D eigenvalue weighted by Gasteiger charge is -2.16. The molecule has 148 valence electrons. The summed E-state index contributed by atoms with van der Waals surface area (Å²) in [5, 5.41) is 2.97. The molecular weight excluding hydrogens is 352 g/mol. The summed E-state index contributed by atoms with van der Waals surface area (Å²) in [5.74, 6) is 0.903. The summed E-state index contributed by atoms with van der Waals surface area (Å²) in [5.41, 5.74) is 2.62. The van der Waals surface area contributed by atoms with Crippen LogP contribution in [0.1, 0.15) is 49.0 Å². The average molecular weight is 380 g/mol. The molecule has 3 rings (SSSR count). The number of anilines is 1. The van der Waals surface area contributed by atoms with Crippen LogP contribution in [0.3, 0.4) is 0 Å². The molecule has 0 radical (unpaired) electrons. The van der Waals surface area contributed by atoms with E-state index in [-0.39, 0.29) is 17.9 Å². The van der Waals surface area contributed by atoms with Gasteiger partial charge in [0, 0.05) is 30.8 Å². The summed E-state index contributed by atoms with van der Waals surface area (Å²) < 4.78 is 5.65. The Labute approximate surface area is 166 Å². The van der Waals surface area contributed by atoms with E-state index in [2.05, 4.69) is 17.4 Å². The van der Waals surface area contributed by atoms with Gasteiger partial charge in [0.05, 0.1) is 6.10 Å². The minimum atomic E-state index is -0.103. The fourth-order valence-corrected chi connectivity index (χ4v) is 3.34. The minimum Gasteiger partial charge on any atom is -0.491 e. The van der Waals surface area contributed by atoms with Crippen molar-refractivity contribution >= 4 is 17.5 Å². The van der Waals surface area contributed by atoms with E-state index in [0.29, 0.717) is 18.5 Å². The van der Waals surface area contributed by atoms with Gasteiger partial charge in [-0.05, 0) is 69.0 Å². The molecule has 0 saturated carbocycles. The summed E-state index contributed by atoms with van der Waals surface area (Å²) in [6.45, 7) is 5.35. The Kier molecular flexibility index (Phi) is 6.69. The van der Waals surface area contributed by atoms with Gasteiger partial charge < -0.3 is 15.0 Å². The van der Waals surface area contributed by atoms with Crippen molar-refractivity contribution in [2.24, 2.45) is 0 Å². The molecule has 2 aromatic carbocycles. The molecule has 0 atom stereocenters.